The molecule has 1 atom stereocenters. The summed E-state index contributed by atoms with van der Waals surface area (Å²) in [5.74, 6) is -0.0476. The van der Waals surface area contributed by atoms with Gasteiger partial charge in [-0.1, -0.05) is 0 Å². The summed E-state index contributed by atoms with van der Waals surface area (Å²) >= 11 is 0. The highest BCUT2D eigenvalue weighted by Crippen LogP contribution is 2.31. The Hall–Kier alpha value is -2.01. The third-order valence-corrected chi connectivity index (χ3v) is 3.31. The molecule has 0 aliphatic heterocycles. The molecule has 0 aliphatic carbocycles. The van der Waals surface area contributed by atoms with E-state index in [0.717, 1.165) is 27.9 Å². The van der Waals surface area contributed by atoms with Crippen LogP contribution in [0.2, 0.25) is 0 Å². The number of nitrogens with one attached hydrogen (secondary N) is 1. The highest BCUT2D eigenvalue weighted by molar-refractivity contribution is 5.92. The topological polar surface area (TPSA) is 77.3 Å². The quantitative estimate of drug-likeness (QED) is 0.822. The second-order valence-electron chi connectivity index (χ2n) is 4.39. The summed E-state index contributed by atoms with van der Waals surface area (Å²) in [4.78, 5) is 15.1. The van der Waals surface area contributed by atoms with Gasteiger partial charge in [0, 0.05) is 23.1 Å². The number of esters is 1. The van der Waals surface area contributed by atoms with Gasteiger partial charge in [0.2, 0.25) is 0 Å². The third-order valence-electron chi connectivity index (χ3n) is 3.31. The highest BCUT2D eigenvalue weighted by atomic mass is 16.5. The van der Waals surface area contributed by atoms with Crippen molar-refractivity contribution in [3.63, 3.8) is 0 Å². The van der Waals surface area contributed by atoms with E-state index in [0.29, 0.717) is 0 Å². The number of hydrogen-bond donors (Lipinski definition) is 2. The number of H-pyrrole nitrogens is 1. The van der Waals surface area contributed by atoms with Crippen LogP contribution in [0, 0.1) is 6.92 Å². The minimum absolute atomic E-state index is 0.206. The van der Waals surface area contributed by atoms with Gasteiger partial charge < -0.3 is 20.2 Å². The minimum atomic E-state index is -0.467. The number of hydrogen-bond acceptors (Lipinski definition) is 4. The zero-order valence-electron chi connectivity index (χ0n) is 11.3. The SMILES string of the molecule is COC(=O)C(CN)c1c(C)[nH]c2ccc(OC)cc12. The second kappa shape index (κ2) is 5.32. The van der Waals surface area contributed by atoms with Crippen molar-refractivity contribution in [1.29, 1.82) is 0 Å². The summed E-state index contributed by atoms with van der Waals surface area (Å²) in [7, 11) is 2.98. The van der Waals surface area contributed by atoms with Gasteiger partial charge in [-0.15, -0.1) is 0 Å². The van der Waals surface area contributed by atoms with Crippen LogP contribution in [0.25, 0.3) is 10.9 Å². The van der Waals surface area contributed by atoms with Crippen molar-refractivity contribution in [2.75, 3.05) is 20.8 Å². The van der Waals surface area contributed by atoms with Crippen LogP contribution in [-0.4, -0.2) is 31.7 Å². The largest absolute Gasteiger partial charge is 0.497 e. The minimum Gasteiger partial charge on any atom is -0.497 e. The standard InChI is InChI=1S/C14H18N2O3/c1-8-13(11(7-15)14(17)19-3)10-6-9(18-2)4-5-12(10)16-8/h4-6,11,16H,7,15H2,1-3H3. The van der Waals surface area contributed by atoms with Gasteiger partial charge in [0.25, 0.3) is 0 Å². The number of nitrogens with two attached hydrogens (primary N) is 1. The monoisotopic (exact) mass is 262 g/mol. The molecule has 0 radical (unpaired) electrons. The molecule has 0 bridgehead atoms. The molecular weight excluding hydrogens is 244 g/mol. The van der Waals surface area contributed by atoms with E-state index in [-0.39, 0.29) is 12.5 Å². The van der Waals surface area contributed by atoms with Crippen LogP contribution in [0.4, 0.5) is 0 Å². The number of methoxy groups -OCH3 is 2. The molecule has 5 heteroatoms. The maximum atomic E-state index is 11.8. The van der Waals surface area contributed by atoms with Crippen molar-refractivity contribution in [1.82, 2.24) is 4.98 Å². The highest BCUT2D eigenvalue weighted by Gasteiger charge is 2.25. The molecule has 1 heterocycles. The molecule has 0 aliphatic rings. The van der Waals surface area contributed by atoms with Crippen LogP contribution in [0.3, 0.4) is 0 Å². The summed E-state index contributed by atoms with van der Waals surface area (Å²) in [5.41, 5.74) is 8.48. The first-order valence-electron chi connectivity index (χ1n) is 6.06. The lowest BCUT2D eigenvalue weighted by Gasteiger charge is -2.13. The molecule has 5 nitrogen and oxygen atoms in total. The average Bonchev–Trinajstić information content (AvgIpc) is 2.75. The van der Waals surface area contributed by atoms with Crippen LogP contribution < -0.4 is 10.5 Å². The summed E-state index contributed by atoms with van der Waals surface area (Å²) in [6, 6.07) is 5.70. The van der Waals surface area contributed by atoms with E-state index in [9.17, 15) is 4.79 Å². The number of aromatic nitrogens is 1. The molecule has 1 aromatic carbocycles. The van der Waals surface area contributed by atoms with Crippen molar-refractivity contribution in [3.8, 4) is 5.75 Å². The lowest BCUT2D eigenvalue weighted by molar-refractivity contribution is -0.142. The Morgan fingerprint density at radius 3 is 2.74 bits per heavy atom. The van der Waals surface area contributed by atoms with Gasteiger partial charge >= 0.3 is 5.97 Å². The first-order valence-corrected chi connectivity index (χ1v) is 6.06. The average molecular weight is 262 g/mol. The summed E-state index contributed by atoms with van der Waals surface area (Å²) in [6.45, 7) is 2.13. The van der Waals surface area contributed by atoms with Crippen LogP contribution in [0.15, 0.2) is 18.2 Å². The summed E-state index contributed by atoms with van der Waals surface area (Å²) in [6.07, 6.45) is 0. The normalized spacial score (nSPS) is 12.4. The van der Waals surface area contributed by atoms with Crippen molar-refractivity contribution in [2.45, 2.75) is 12.8 Å². The zero-order valence-corrected chi connectivity index (χ0v) is 11.3. The van der Waals surface area contributed by atoms with Crippen LogP contribution in [-0.2, 0) is 9.53 Å². The van der Waals surface area contributed by atoms with E-state index >= 15 is 0 Å². The number of aromatic amines is 1. The van der Waals surface area contributed by atoms with Crippen LogP contribution in [0.5, 0.6) is 5.75 Å². The van der Waals surface area contributed by atoms with E-state index in [1.165, 1.54) is 7.11 Å². The van der Waals surface area contributed by atoms with E-state index in [4.69, 9.17) is 15.2 Å². The lowest BCUT2D eigenvalue weighted by atomic mass is 9.96. The van der Waals surface area contributed by atoms with Crippen molar-refractivity contribution < 1.29 is 14.3 Å². The van der Waals surface area contributed by atoms with E-state index in [1.54, 1.807) is 7.11 Å². The number of carbonyl (C=O) groups is 1. The number of aryl methyl sites for hydroxylation is 1. The van der Waals surface area contributed by atoms with Gasteiger partial charge in [-0.05, 0) is 30.7 Å². The van der Waals surface area contributed by atoms with Gasteiger partial charge in [-0.2, -0.15) is 0 Å². The zero-order chi connectivity index (χ0) is 14.0. The summed E-state index contributed by atoms with van der Waals surface area (Å²) in [5, 5.41) is 0.942. The molecule has 19 heavy (non-hydrogen) atoms. The fraction of sp³-hybridized carbons (Fsp3) is 0.357. The fourth-order valence-corrected chi connectivity index (χ4v) is 2.38. The molecule has 1 unspecified atom stereocenters. The molecule has 102 valence electrons. The molecular formula is C14H18N2O3. The van der Waals surface area contributed by atoms with Gasteiger partial charge in [0.1, 0.15) is 5.75 Å². The molecule has 3 N–H and O–H groups in total. The smallest absolute Gasteiger partial charge is 0.314 e. The van der Waals surface area contributed by atoms with Gasteiger partial charge in [0.05, 0.1) is 20.1 Å². The Bertz CT molecular complexity index is 604. The first kappa shape index (κ1) is 13.4. The predicted molar refractivity (Wildman–Crippen MR) is 73.4 cm³/mol. The van der Waals surface area contributed by atoms with E-state index < -0.39 is 5.92 Å². The number of ether oxygens (including phenoxy) is 2. The molecule has 2 rings (SSSR count). The number of carbonyl (C=O) groups excluding carboxylic acids is 1. The molecule has 0 saturated heterocycles. The summed E-state index contributed by atoms with van der Waals surface area (Å²) < 4.78 is 10.0. The number of benzene rings is 1. The second-order valence-corrected chi connectivity index (χ2v) is 4.39. The number of rotatable bonds is 4. The van der Waals surface area contributed by atoms with Crippen molar-refractivity contribution in [3.05, 3.63) is 29.5 Å². The molecule has 0 fully saturated rings. The van der Waals surface area contributed by atoms with E-state index in [1.807, 2.05) is 25.1 Å². The Kier molecular flexibility index (Phi) is 3.76. The molecule has 0 spiro atoms. The van der Waals surface area contributed by atoms with Gasteiger partial charge in [-0.3, -0.25) is 4.79 Å². The Labute approximate surface area is 111 Å². The van der Waals surface area contributed by atoms with Crippen LogP contribution >= 0.6 is 0 Å². The fourth-order valence-electron chi connectivity index (χ4n) is 2.38. The third kappa shape index (κ3) is 2.29. The lowest BCUT2D eigenvalue weighted by Crippen LogP contribution is -2.23. The van der Waals surface area contributed by atoms with E-state index in [2.05, 4.69) is 4.98 Å². The molecule has 1 aromatic heterocycles. The molecule has 0 amide bonds. The Balaban J connectivity index is 2.63. The predicted octanol–water partition coefficient (Wildman–Crippen LogP) is 1.70. The maximum absolute atomic E-state index is 11.8. The van der Waals surface area contributed by atoms with Crippen molar-refractivity contribution >= 4 is 16.9 Å². The van der Waals surface area contributed by atoms with Gasteiger partial charge in [0.15, 0.2) is 0 Å². The van der Waals surface area contributed by atoms with Crippen LogP contribution in [0.1, 0.15) is 17.2 Å². The Morgan fingerprint density at radius 2 is 2.16 bits per heavy atom. The Morgan fingerprint density at radius 1 is 1.42 bits per heavy atom. The number of fused-ring (bicyclic) bond motifs is 1. The first-order chi connectivity index (χ1) is 9.12. The van der Waals surface area contributed by atoms with Crippen molar-refractivity contribution in [2.24, 2.45) is 5.73 Å². The molecule has 2 aromatic rings. The van der Waals surface area contributed by atoms with Gasteiger partial charge in [-0.25, -0.2) is 0 Å². The maximum Gasteiger partial charge on any atom is 0.314 e. The molecule has 0 saturated carbocycles.